The predicted molar refractivity (Wildman–Crippen MR) is 82.5 cm³/mol. The predicted octanol–water partition coefficient (Wildman–Crippen LogP) is 1.58. The molecule has 1 fully saturated rings. The minimum atomic E-state index is 0.0618. The molecule has 0 aliphatic carbocycles. The van der Waals surface area contributed by atoms with Crippen molar-refractivity contribution in [3.8, 4) is 0 Å². The van der Waals surface area contributed by atoms with Crippen LogP contribution in [0.15, 0.2) is 22.7 Å². The third-order valence-electron chi connectivity index (χ3n) is 3.63. The number of rotatable bonds is 4. The molecule has 0 spiro atoms. The van der Waals surface area contributed by atoms with E-state index >= 15 is 0 Å². The smallest absolute Gasteiger partial charge is 0.0558 e. The fourth-order valence-electron chi connectivity index (χ4n) is 2.42. The van der Waals surface area contributed by atoms with Gasteiger partial charge < -0.3 is 15.7 Å². The SMILES string of the molecule is C[C@H](N)c1ccc(N2CCN(CCO)CC2)c(Br)c1. The van der Waals surface area contributed by atoms with Crippen molar-refractivity contribution in [2.45, 2.75) is 13.0 Å². The van der Waals surface area contributed by atoms with Crippen LogP contribution >= 0.6 is 15.9 Å². The summed E-state index contributed by atoms with van der Waals surface area (Å²) in [6.07, 6.45) is 0. The first-order valence-electron chi connectivity index (χ1n) is 6.75. The van der Waals surface area contributed by atoms with E-state index in [4.69, 9.17) is 10.8 Å². The number of anilines is 1. The van der Waals surface area contributed by atoms with Crippen molar-refractivity contribution in [2.24, 2.45) is 5.73 Å². The van der Waals surface area contributed by atoms with Crippen LogP contribution in [0, 0.1) is 0 Å². The van der Waals surface area contributed by atoms with Crippen molar-refractivity contribution in [3.05, 3.63) is 28.2 Å². The normalized spacial score (nSPS) is 18.6. The minimum absolute atomic E-state index is 0.0618. The second kappa shape index (κ2) is 6.70. The number of aliphatic hydroxyl groups is 1. The number of benzene rings is 1. The summed E-state index contributed by atoms with van der Waals surface area (Å²) < 4.78 is 1.11. The molecule has 0 unspecified atom stereocenters. The number of nitrogens with two attached hydrogens (primary N) is 1. The van der Waals surface area contributed by atoms with Crippen LogP contribution in [0.3, 0.4) is 0 Å². The summed E-state index contributed by atoms with van der Waals surface area (Å²) in [5.41, 5.74) is 8.28. The summed E-state index contributed by atoms with van der Waals surface area (Å²) in [4.78, 5) is 4.67. The Kier molecular flexibility index (Phi) is 5.21. The highest BCUT2D eigenvalue weighted by atomic mass is 79.9. The topological polar surface area (TPSA) is 52.7 Å². The van der Waals surface area contributed by atoms with Gasteiger partial charge >= 0.3 is 0 Å². The first-order chi connectivity index (χ1) is 9.11. The third-order valence-corrected chi connectivity index (χ3v) is 4.26. The lowest BCUT2D eigenvalue weighted by molar-refractivity contribution is 0.188. The molecule has 1 atom stereocenters. The molecule has 0 aromatic heterocycles. The van der Waals surface area contributed by atoms with Gasteiger partial charge in [0.1, 0.15) is 0 Å². The number of nitrogens with zero attached hydrogens (tertiary/aromatic N) is 2. The monoisotopic (exact) mass is 327 g/mol. The van der Waals surface area contributed by atoms with Crippen LogP contribution in [-0.4, -0.2) is 49.3 Å². The summed E-state index contributed by atoms with van der Waals surface area (Å²) in [5.74, 6) is 0. The van der Waals surface area contributed by atoms with E-state index in [2.05, 4.69) is 43.9 Å². The Morgan fingerprint density at radius 3 is 2.53 bits per heavy atom. The maximum atomic E-state index is 8.95. The Morgan fingerprint density at radius 1 is 1.32 bits per heavy atom. The van der Waals surface area contributed by atoms with E-state index in [0.717, 1.165) is 42.8 Å². The molecule has 2 rings (SSSR count). The first-order valence-corrected chi connectivity index (χ1v) is 7.54. The molecular formula is C14H22BrN3O. The number of piperazine rings is 1. The number of aliphatic hydroxyl groups excluding tert-OH is 1. The first kappa shape index (κ1) is 14.8. The average molecular weight is 328 g/mol. The van der Waals surface area contributed by atoms with Gasteiger partial charge in [-0.15, -0.1) is 0 Å². The number of halogens is 1. The molecule has 0 bridgehead atoms. The van der Waals surface area contributed by atoms with Crippen molar-refractivity contribution in [1.29, 1.82) is 0 Å². The number of hydrogen-bond donors (Lipinski definition) is 2. The van der Waals surface area contributed by atoms with Gasteiger partial charge in [-0.1, -0.05) is 6.07 Å². The lowest BCUT2D eigenvalue weighted by Gasteiger charge is -2.36. The number of β-amino-alcohol motifs (C(OH)–C–C–N with tert-alkyl or cyclic N) is 1. The van der Waals surface area contributed by atoms with Crippen LogP contribution in [-0.2, 0) is 0 Å². The quantitative estimate of drug-likeness (QED) is 0.881. The maximum absolute atomic E-state index is 8.95. The second-order valence-corrected chi connectivity index (χ2v) is 5.91. The molecule has 1 aromatic carbocycles. The fraction of sp³-hybridized carbons (Fsp3) is 0.571. The zero-order chi connectivity index (χ0) is 13.8. The molecule has 5 heteroatoms. The van der Waals surface area contributed by atoms with Gasteiger partial charge in [-0.05, 0) is 40.5 Å². The Balaban J connectivity index is 2.03. The zero-order valence-electron chi connectivity index (χ0n) is 11.3. The van der Waals surface area contributed by atoms with Gasteiger partial charge in [0.2, 0.25) is 0 Å². The summed E-state index contributed by atoms with van der Waals surface area (Å²) in [6, 6.07) is 6.42. The van der Waals surface area contributed by atoms with Gasteiger partial charge in [-0.25, -0.2) is 0 Å². The van der Waals surface area contributed by atoms with E-state index in [-0.39, 0.29) is 12.6 Å². The van der Waals surface area contributed by atoms with Gasteiger partial charge in [0.25, 0.3) is 0 Å². The molecular weight excluding hydrogens is 306 g/mol. The lowest BCUT2D eigenvalue weighted by atomic mass is 10.1. The summed E-state index contributed by atoms with van der Waals surface area (Å²) in [7, 11) is 0. The molecule has 1 aromatic rings. The molecule has 0 amide bonds. The van der Waals surface area contributed by atoms with Crippen LogP contribution < -0.4 is 10.6 Å². The maximum Gasteiger partial charge on any atom is 0.0558 e. The van der Waals surface area contributed by atoms with Crippen LogP contribution in [0.2, 0.25) is 0 Å². The van der Waals surface area contributed by atoms with E-state index in [1.165, 1.54) is 5.69 Å². The molecule has 0 radical (unpaired) electrons. The summed E-state index contributed by atoms with van der Waals surface area (Å²) >= 11 is 3.65. The molecule has 1 aliphatic heterocycles. The summed E-state index contributed by atoms with van der Waals surface area (Å²) in [6.45, 7) is 7.01. The van der Waals surface area contributed by atoms with Gasteiger partial charge in [-0.2, -0.15) is 0 Å². The minimum Gasteiger partial charge on any atom is -0.395 e. The van der Waals surface area contributed by atoms with E-state index < -0.39 is 0 Å². The van der Waals surface area contributed by atoms with E-state index in [0.29, 0.717) is 0 Å². The van der Waals surface area contributed by atoms with Crippen molar-refractivity contribution >= 4 is 21.6 Å². The van der Waals surface area contributed by atoms with Gasteiger partial charge in [0.15, 0.2) is 0 Å². The van der Waals surface area contributed by atoms with Gasteiger partial charge in [0.05, 0.1) is 12.3 Å². The highest BCUT2D eigenvalue weighted by molar-refractivity contribution is 9.10. The fourth-order valence-corrected chi connectivity index (χ4v) is 3.06. The Morgan fingerprint density at radius 2 is 2.00 bits per heavy atom. The molecule has 4 nitrogen and oxygen atoms in total. The zero-order valence-corrected chi connectivity index (χ0v) is 12.9. The molecule has 106 valence electrons. The Bertz CT molecular complexity index is 417. The van der Waals surface area contributed by atoms with Gasteiger partial charge in [0, 0.05) is 43.2 Å². The van der Waals surface area contributed by atoms with E-state index in [1.807, 2.05) is 6.92 Å². The van der Waals surface area contributed by atoms with Crippen LogP contribution in [0.1, 0.15) is 18.5 Å². The number of hydrogen-bond acceptors (Lipinski definition) is 4. The van der Waals surface area contributed by atoms with Crippen molar-refractivity contribution in [1.82, 2.24) is 4.90 Å². The van der Waals surface area contributed by atoms with Crippen molar-refractivity contribution in [3.63, 3.8) is 0 Å². The third kappa shape index (κ3) is 3.69. The average Bonchev–Trinajstić information content (AvgIpc) is 2.40. The van der Waals surface area contributed by atoms with Crippen molar-refractivity contribution in [2.75, 3.05) is 44.2 Å². The highest BCUT2D eigenvalue weighted by Gasteiger charge is 2.18. The second-order valence-electron chi connectivity index (χ2n) is 5.05. The van der Waals surface area contributed by atoms with Crippen LogP contribution in [0.25, 0.3) is 0 Å². The largest absolute Gasteiger partial charge is 0.395 e. The van der Waals surface area contributed by atoms with E-state index in [1.54, 1.807) is 0 Å². The molecule has 1 heterocycles. The molecule has 3 N–H and O–H groups in total. The lowest BCUT2D eigenvalue weighted by Crippen LogP contribution is -2.47. The van der Waals surface area contributed by atoms with E-state index in [9.17, 15) is 0 Å². The molecule has 19 heavy (non-hydrogen) atoms. The highest BCUT2D eigenvalue weighted by Crippen LogP contribution is 2.29. The van der Waals surface area contributed by atoms with Crippen LogP contribution in [0.4, 0.5) is 5.69 Å². The van der Waals surface area contributed by atoms with Crippen LogP contribution in [0.5, 0.6) is 0 Å². The van der Waals surface area contributed by atoms with Gasteiger partial charge in [-0.3, -0.25) is 4.90 Å². The molecule has 0 saturated carbocycles. The molecule has 1 saturated heterocycles. The van der Waals surface area contributed by atoms with Crippen molar-refractivity contribution < 1.29 is 5.11 Å². The standard InChI is InChI=1S/C14H22BrN3O/c1-11(16)12-2-3-14(13(15)10-12)18-6-4-17(5-7-18)8-9-19/h2-3,10-11,19H,4-9,16H2,1H3/t11-/m0/s1. The summed E-state index contributed by atoms with van der Waals surface area (Å²) in [5, 5.41) is 8.95. The molecule has 1 aliphatic rings. The Hall–Kier alpha value is -0.620. The Labute approximate surface area is 123 Å².